The Hall–Kier alpha value is -0.690. The molecule has 0 aromatic carbocycles. The van der Waals surface area contributed by atoms with Gasteiger partial charge in [0.1, 0.15) is 12.2 Å². The quantitative estimate of drug-likeness (QED) is 0.524. The molecule has 16 heavy (non-hydrogen) atoms. The average Bonchev–Trinajstić information content (AvgIpc) is 2.52. The second-order valence-electron chi connectivity index (χ2n) is 4.72. The summed E-state index contributed by atoms with van der Waals surface area (Å²) in [5, 5.41) is 21.9. The molecule has 0 unspecified atom stereocenters. The molecular weight excluding hydrogens is 214 g/mol. The zero-order chi connectivity index (χ0) is 11.9. The number of aliphatic hydroxyl groups excluding tert-OH is 2. The Kier molecular flexibility index (Phi) is 2.91. The van der Waals surface area contributed by atoms with E-state index in [0.717, 1.165) is 0 Å². The zero-order valence-corrected chi connectivity index (χ0v) is 9.34. The van der Waals surface area contributed by atoms with Crippen LogP contribution in [0.2, 0.25) is 0 Å². The molecule has 0 aliphatic carbocycles. The molecule has 0 saturated carbocycles. The minimum atomic E-state index is -1.04. The molecule has 0 spiro atoms. The Labute approximate surface area is 93.5 Å². The molecule has 2 heterocycles. The topological polar surface area (TPSA) is 88.0 Å². The van der Waals surface area contributed by atoms with Crippen LogP contribution in [-0.4, -0.2) is 52.9 Å². The average molecular weight is 231 g/mol. The van der Waals surface area contributed by atoms with Gasteiger partial charge in [-0.2, -0.15) is 0 Å². The lowest BCUT2D eigenvalue weighted by Crippen LogP contribution is -2.60. The molecule has 0 aromatic heterocycles. The number of carbonyl (C=O) groups is 1. The standard InChI is InChI=1S/C10H17NO5/c1-10(2)15-4-6(16-10)8-9(14)5(12)3-7(13)11-8/h5-6,8-9,12,14H,3-4H2,1-2H3,(H,11,13)/t5-,6+,8-,9+/m0/s1. The molecule has 2 rings (SSSR count). The first kappa shape index (κ1) is 11.8. The van der Waals surface area contributed by atoms with Crippen LogP contribution in [0.1, 0.15) is 20.3 Å². The van der Waals surface area contributed by atoms with E-state index >= 15 is 0 Å². The number of rotatable bonds is 1. The van der Waals surface area contributed by atoms with Crippen LogP contribution in [0.3, 0.4) is 0 Å². The largest absolute Gasteiger partial charge is 0.390 e. The zero-order valence-electron chi connectivity index (χ0n) is 9.34. The van der Waals surface area contributed by atoms with Gasteiger partial charge in [-0.25, -0.2) is 0 Å². The molecule has 0 radical (unpaired) electrons. The van der Waals surface area contributed by atoms with Crippen LogP contribution >= 0.6 is 0 Å². The number of nitrogens with one attached hydrogen (secondary N) is 1. The van der Waals surface area contributed by atoms with Gasteiger partial charge < -0.3 is 25.0 Å². The maximum atomic E-state index is 11.3. The van der Waals surface area contributed by atoms with Crippen molar-refractivity contribution in [2.24, 2.45) is 0 Å². The van der Waals surface area contributed by atoms with Crippen LogP contribution in [0.25, 0.3) is 0 Å². The number of hydrogen-bond acceptors (Lipinski definition) is 5. The van der Waals surface area contributed by atoms with Crippen molar-refractivity contribution in [3.8, 4) is 0 Å². The Morgan fingerprint density at radius 2 is 2.12 bits per heavy atom. The van der Waals surface area contributed by atoms with Gasteiger partial charge in [-0.05, 0) is 13.8 Å². The van der Waals surface area contributed by atoms with E-state index in [2.05, 4.69) is 5.32 Å². The first-order valence-electron chi connectivity index (χ1n) is 5.36. The molecule has 0 bridgehead atoms. The van der Waals surface area contributed by atoms with E-state index in [-0.39, 0.29) is 12.3 Å². The second-order valence-corrected chi connectivity index (χ2v) is 4.72. The van der Waals surface area contributed by atoms with Gasteiger partial charge in [0.25, 0.3) is 0 Å². The highest BCUT2D eigenvalue weighted by molar-refractivity contribution is 5.78. The van der Waals surface area contributed by atoms with Crippen molar-refractivity contribution in [2.75, 3.05) is 6.61 Å². The fraction of sp³-hybridized carbons (Fsp3) is 0.900. The van der Waals surface area contributed by atoms with E-state index < -0.39 is 30.1 Å². The molecule has 6 nitrogen and oxygen atoms in total. The summed E-state index contributed by atoms with van der Waals surface area (Å²) in [6, 6.07) is -0.613. The predicted octanol–water partition coefficient (Wildman–Crippen LogP) is -1.25. The van der Waals surface area contributed by atoms with Crippen molar-refractivity contribution in [3.05, 3.63) is 0 Å². The Bertz CT molecular complexity index is 293. The third-order valence-electron chi connectivity index (χ3n) is 2.92. The predicted molar refractivity (Wildman–Crippen MR) is 53.5 cm³/mol. The molecule has 2 fully saturated rings. The van der Waals surface area contributed by atoms with Crippen LogP contribution < -0.4 is 5.32 Å². The first-order chi connectivity index (χ1) is 7.39. The van der Waals surface area contributed by atoms with Crippen LogP contribution in [0.15, 0.2) is 0 Å². The van der Waals surface area contributed by atoms with E-state index in [1.165, 1.54) is 0 Å². The van der Waals surface area contributed by atoms with E-state index in [1.54, 1.807) is 13.8 Å². The summed E-state index contributed by atoms with van der Waals surface area (Å²) in [6.07, 6.45) is -2.55. The van der Waals surface area contributed by atoms with E-state index in [9.17, 15) is 15.0 Å². The molecule has 0 aromatic rings. The Morgan fingerprint density at radius 1 is 1.44 bits per heavy atom. The van der Waals surface area contributed by atoms with Crippen molar-refractivity contribution >= 4 is 5.91 Å². The van der Waals surface area contributed by atoms with Gasteiger partial charge in [0.15, 0.2) is 5.79 Å². The van der Waals surface area contributed by atoms with Crippen molar-refractivity contribution in [1.82, 2.24) is 5.32 Å². The molecule has 92 valence electrons. The maximum Gasteiger partial charge on any atom is 0.223 e. The number of ether oxygens (including phenoxy) is 2. The first-order valence-corrected chi connectivity index (χ1v) is 5.36. The van der Waals surface area contributed by atoms with Gasteiger partial charge in [-0.15, -0.1) is 0 Å². The highest BCUT2D eigenvalue weighted by Gasteiger charge is 2.45. The Balaban J connectivity index is 2.05. The normalized spacial score (nSPS) is 43.1. The SMILES string of the molecule is CC1(C)OC[C@H]([C@@H]2NC(=O)C[C@H](O)[C@H]2O)O1. The minimum Gasteiger partial charge on any atom is -0.390 e. The summed E-state index contributed by atoms with van der Waals surface area (Å²) in [6.45, 7) is 3.82. The van der Waals surface area contributed by atoms with Crippen molar-refractivity contribution in [2.45, 2.75) is 50.4 Å². The summed E-state index contributed by atoms with van der Waals surface area (Å²) in [5.74, 6) is -0.992. The summed E-state index contributed by atoms with van der Waals surface area (Å²) >= 11 is 0. The smallest absolute Gasteiger partial charge is 0.223 e. The monoisotopic (exact) mass is 231 g/mol. The molecule has 2 aliphatic rings. The van der Waals surface area contributed by atoms with E-state index in [0.29, 0.717) is 6.61 Å². The van der Waals surface area contributed by atoms with Crippen molar-refractivity contribution < 1.29 is 24.5 Å². The lowest BCUT2D eigenvalue weighted by Gasteiger charge is -2.35. The second kappa shape index (κ2) is 3.96. The highest BCUT2D eigenvalue weighted by Crippen LogP contribution is 2.27. The molecule has 6 heteroatoms. The third kappa shape index (κ3) is 2.20. The summed E-state index contributed by atoms with van der Waals surface area (Å²) in [7, 11) is 0. The lowest BCUT2D eigenvalue weighted by atomic mass is 9.94. The van der Waals surface area contributed by atoms with Gasteiger partial charge in [0.05, 0.1) is 25.2 Å². The van der Waals surface area contributed by atoms with Gasteiger partial charge in [0, 0.05) is 0 Å². The van der Waals surface area contributed by atoms with Gasteiger partial charge >= 0.3 is 0 Å². The van der Waals surface area contributed by atoms with Gasteiger partial charge in [0.2, 0.25) is 5.91 Å². The molecule has 2 saturated heterocycles. The van der Waals surface area contributed by atoms with Crippen molar-refractivity contribution in [1.29, 1.82) is 0 Å². The lowest BCUT2D eigenvalue weighted by molar-refractivity contribution is -0.158. The summed E-state index contributed by atoms with van der Waals surface area (Å²) < 4.78 is 10.9. The van der Waals surface area contributed by atoms with Crippen LogP contribution in [0.5, 0.6) is 0 Å². The molecule has 3 N–H and O–H groups in total. The number of carbonyl (C=O) groups excluding carboxylic acids is 1. The third-order valence-corrected chi connectivity index (χ3v) is 2.92. The van der Waals surface area contributed by atoms with Crippen LogP contribution in [0.4, 0.5) is 0 Å². The maximum absolute atomic E-state index is 11.3. The number of piperidine rings is 1. The van der Waals surface area contributed by atoms with Crippen molar-refractivity contribution in [3.63, 3.8) is 0 Å². The van der Waals surface area contributed by atoms with E-state index in [1.807, 2.05) is 0 Å². The fourth-order valence-electron chi connectivity index (χ4n) is 2.09. The van der Waals surface area contributed by atoms with Gasteiger partial charge in [-0.1, -0.05) is 0 Å². The fourth-order valence-corrected chi connectivity index (χ4v) is 2.09. The number of amides is 1. The molecule has 4 atom stereocenters. The Morgan fingerprint density at radius 3 is 2.69 bits per heavy atom. The highest BCUT2D eigenvalue weighted by atomic mass is 16.7. The number of aliphatic hydroxyl groups is 2. The molecule has 1 amide bonds. The van der Waals surface area contributed by atoms with E-state index in [4.69, 9.17) is 9.47 Å². The summed E-state index contributed by atoms with van der Waals surface area (Å²) in [5.41, 5.74) is 0. The van der Waals surface area contributed by atoms with Crippen LogP contribution in [-0.2, 0) is 14.3 Å². The molecular formula is C10H17NO5. The minimum absolute atomic E-state index is 0.0748. The van der Waals surface area contributed by atoms with Crippen LogP contribution in [0, 0.1) is 0 Å². The number of hydrogen-bond donors (Lipinski definition) is 3. The van der Waals surface area contributed by atoms with Gasteiger partial charge in [-0.3, -0.25) is 4.79 Å². The summed E-state index contributed by atoms with van der Waals surface area (Å²) in [4.78, 5) is 11.3. The molecule has 2 aliphatic heterocycles.